The lowest BCUT2D eigenvalue weighted by atomic mass is 10.2. The molecule has 0 unspecified atom stereocenters. The van der Waals surface area contributed by atoms with E-state index in [4.69, 9.17) is 14.5 Å². The molecule has 0 spiro atoms. The quantitative estimate of drug-likeness (QED) is 0.535. The molecule has 3 aromatic rings. The summed E-state index contributed by atoms with van der Waals surface area (Å²) >= 11 is 0. The van der Waals surface area contributed by atoms with Gasteiger partial charge in [-0.1, -0.05) is 6.92 Å². The maximum Gasteiger partial charge on any atom is 0.294 e. The lowest BCUT2D eigenvalue weighted by molar-refractivity contribution is 0.127. The highest BCUT2D eigenvalue weighted by molar-refractivity contribution is 5.80. The van der Waals surface area contributed by atoms with Crippen molar-refractivity contribution in [2.24, 2.45) is 0 Å². The average molecular weight is 437 g/mol. The number of piperazine rings is 1. The van der Waals surface area contributed by atoms with Crippen LogP contribution in [-0.4, -0.2) is 65.0 Å². The van der Waals surface area contributed by atoms with E-state index < -0.39 is 0 Å². The molecular formula is C23H28N6O3. The molecule has 2 atom stereocenters. The fourth-order valence-electron chi connectivity index (χ4n) is 4.57. The molecule has 2 bridgehead atoms. The van der Waals surface area contributed by atoms with Crippen LogP contribution in [0.25, 0.3) is 22.3 Å². The van der Waals surface area contributed by atoms with Crippen molar-refractivity contribution in [1.82, 2.24) is 24.8 Å². The predicted molar refractivity (Wildman–Crippen MR) is 122 cm³/mol. The second-order valence-electron chi connectivity index (χ2n) is 8.30. The van der Waals surface area contributed by atoms with Gasteiger partial charge in [0.15, 0.2) is 5.82 Å². The topological polar surface area (TPSA) is 94.4 Å². The van der Waals surface area contributed by atoms with E-state index in [0.717, 1.165) is 42.7 Å². The predicted octanol–water partition coefficient (Wildman–Crippen LogP) is 1.84. The Morgan fingerprint density at radius 3 is 2.81 bits per heavy atom. The molecule has 0 saturated carbocycles. The Morgan fingerprint density at radius 1 is 1.22 bits per heavy atom. The van der Waals surface area contributed by atoms with Crippen LogP contribution in [0.1, 0.15) is 19.8 Å². The Morgan fingerprint density at radius 2 is 2.12 bits per heavy atom. The first-order chi connectivity index (χ1) is 15.7. The minimum Gasteiger partial charge on any atom is -0.481 e. The van der Waals surface area contributed by atoms with Gasteiger partial charge in [-0.05, 0) is 25.0 Å². The van der Waals surface area contributed by atoms with Gasteiger partial charge in [0, 0.05) is 56.2 Å². The number of ether oxygens (including phenoxy) is 2. The van der Waals surface area contributed by atoms with Crippen LogP contribution in [0.15, 0.2) is 35.4 Å². The molecule has 0 radical (unpaired) electrons. The van der Waals surface area contributed by atoms with Crippen molar-refractivity contribution in [1.29, 1.82) is 0 Å². The minimum atomic E-state index is -0.0739. The third-order valence-electron chi connectivity index (χ3n) is 6.19. The summed E-state index contributed by atoms with van der Waals surface area (Å²) in [5.74, 6) is 1.06. The summed E-state index contributed by atoms with van der Waals surface area (Å²) in [6, 6.07) is 6.36. The molecule has 1 N–H and O–H groups in total. The molecule has 5 rings (SSSR count). The van der Waals surface area contributed by atoms with Crippen molar-refractivity contribution >= 4 is 16.9 Å². The highest BCUT2D eigenvalue weighted by Gasteiger charge is 2.39. The maximum absolute atomic E-state index is 13.6. The van der Waals surface area contributed by atoms with Crippen molar-refractivity contribution < 1.29 is 9.47 Å². The van der Waals surface area contributed by atoms with E-state index >= 15 is 0 Å². The molecule has 0 aromatic carbocycles. The van der Waals surface area contributed by atoms with E-state index in [9.17, 15) is 4.79 Å². The molecule has 0 aliphatic carbocycles. The van der Waals surface area contributed by atoms with Gasteiger partial charge < -0.3 is 24.3 Å². The summed E-state index contributed by atoms with van der Waals surface area (Å²) in [5, 5.41) is 3.48. The highest BCUT2D eigenvalue weighted by atomic mass is 16.5. The van der Waals surface area contributed by atoms with E-state index in [1.54, 1.807) is 30.1 Å². The molecule has 5 heterocycles. The SMILES string of the molecule is CCCOCCn1c(=O)c(N2C[C@H]3C[C@@H]2CN3)nc2cnc(-c3ccc(OC)nc3)cc21. The Hall–Kier alpha value is -3.04. The van der Waals surface area contributed by atoms with Crippen LogP contribution >= 0.6 is 0 Å². The van der Waals surface area contributed by atoms with E-state index in [2.05, 4.69) is 27.1 Å². The smallest absolute Gasteiger partial charge is 0.294 e. The van der Waals surface area contributed by atoms with Crippen molar-refractivity contribution in [2.45, 2.75) is 38.4 Å². The van der Waals surface area contributed by atoms with Crippen molar-refractivity contribution in [3.63, 3.8) is 0 Å². The molecule has 2 saturated heterocycles. The second kappa shape index (κ2) is 8.84. The van der Waals surface area contributed by atoms with Gasteiger partial charge in [0.05, 0.1) is 31.1 Å². The fraction of sp³-hybridized carbons (Fsp3) is 0.478. The zero-order valence-corrected chi connectivity index (χ0v) is 18.5. The summed E-state index contributed by atoms with van der Waals surface area (Å²) in [6.07, 6.45) is 5.46. The number of hydrogen-bond acceptors (Lipinski definition) is 8. The lowest BCUT2D eigenvalue weighted by Crippen LogP contribution is -2.46. The van der Waals surface area contributed by atoms with E-state index in [1.165, 1.54) is 0 Å². The number of aromatic nitrogens is 4. The van der Waals surface area contributed by atoms with E-state index in [0.29, 0.717) is 49.1 Å². The molecule has 2 aliphatic heterocycles. The highest BCUT2D eigenvalue weighted by Crippen LogP contribution is 2.28. The number of rotatable bonds is 8. The molecule has 0 amide bonds. The number of fused-ring (bicyclic) bond motifs is 3. The van der Waals surface area contributed by atoms with Crippen LogP contribution in [0.5, 0.6) is 5.88 Å². The zero-order valence-electron chi connectivity index (χ0n) is 18.5. The first-order valence-electron chi connectivity index (χ1n) is 11.2. The van der Waals surface area contributed by atoms with Gasteiger partial charge in [-0.25, -0.2) is 9.97 Å². The van der Waals surface area contributed by atoms with Gasteiger partial charge in [-0.3, -0.25) is 9.78 Å². The van der Waals surface area contributed by atoms with Gasteiger partial charge in [0.1, 0.15) is 5.52 Å². The molecule has 9 nitrogen and oxygen atoms in total. The average Bonchev–Trinajstić information content (AvgIpc) is 3.46. The zero-order chi connectivity index (χ0) is 22.1. The Bertz CT molecular complexity index is 1160. The van der Waals surface area contributed by atoms with Gasteiger partial charge in [0.25, 0.3) is 5.56 Å². The second-order valence-corrected chi connectivity index (χ2v) is 8.30. The maximum atomic E-state index is 13.6. The van der Waals surface area contributed by atoms with Crippen molar-refractivity contribution in [3.8, 4) is 17.1 Å². The molecule has 168 valence electrons. The van der Waals surface area contributed by atoms with E-state index in [-0.39, 0.29) is 5.56 Å². The van der Waals surface area contributed by atoms with Crippen LogP contribution in [0, 0.1) is 0 Å². The van der Waals surface area contributed by atoms with Crippen LogP contribution in [0.4, 0.5) is 5.82 Å². The summed E-state index contributed by atoms with van der Waals surface area (Å²) < 4.78 is 12.6. The summed E-state index contributed by atoms with van der Waals surface area (Å²) in [5.41, 5.74) is 2.96. The Balaban J connectivity index is 1.57. The number of nitrogens with zero attached hydrogens (tertiary/aromatic N) is 5. The summed E-state index contributed by atoms with van der Waals surface area (Å²) in [6.45, 7) is 5.40. The van der Waals surface area contributed by atoms with E-state index in [1.807, 2.05) is 12.1 Å². The Labute approximate surface area is 186 Å². The fourth-order valence-corrected chi connectivity index (χ4v) is 4.57. The number of methoxy groups -OCH3 is 1. The summed E-state index contributed by atoms with van der Waals surface area (Å²) in [4.78, 5) is 29.4. The van der Waals surface area contributed by atoms with Crippen LogP contribution in [-0.2, 0) is 11.3 Å². The standard InChI is InChI=1S/C23H28N6O3/c1-3-7-32-8-6-28-20-10-18(15-4-5-21(31-2)26-11-15)25-13-19(20)27-22(23(28)30)29-14-16-9-17(29)12-24-16/h4-5,10-11,13,16-17,24H,3,6-9,12,14H2,1-2H3/t16-,17-/m1/s1. The molecule has 2 fully saturated rings. The van der Waals surface area contributed by atoms with Gasteiger partial charge in [-0.2, -0.15) is 0 Å². The molecule has 2 aliphatic rings. The Kier molecular flexibility index (Phi) is 5.75. The third kappa shape index (κ3) is 3.82. The first-order valence-corrected chi connectivity index (χ1v) is 11.2. The van der Waals surface area contributed by atoms with Crippen molar-refractivity contribution in [3.05, 3.63) is 40.9 Å². The monoisotopic (exact) mass is 436 g/mol. The van der Waals surface area contributed by atoms with Crippen LogP contribution in [0.2, 0.25) is 0 Å². The minimum absolute atomic E-state index is 0.0739. The van der Waals surface area contributed by atoms with Crippen LogP contribution < -0.4 is 20.5 Å². The number of pyridine rings is 2. The van der Waals surface area contributed by atoms with Gasteiger partial charge in [0.2, 0.25) is 5.88 Å². The number of nitrogens with one attached hydrogen (secondary N) is 1. The van der Waals surface area contributed by atoms with Crippen molar-refractivity contribution in [2.75, 3.05) is 38.3 Å². The third-order valence-corrected chi connectivity index (χ3v) is 6.19. The van der Waals surface area contributed by atoms with Crippen LogP contribution in [0.3, 0.4) is 0 Å². The molecule has 3 aromatic heterocycles. The first kappa shape index (κ1) is 20.8. The van der Waals surface area contributed by atoms with Gasteiger partial charge >= 0.3 is 0 Å². The largest absolute Gasteiger partial charge is 0.481 e. The number of anilines is 1. The van der Waals surface area contributed by atoms with Gasteiger partial charge in [-0.15, -0.1) is 0 Å². The molecule has 32 heavy (non-hydrogen) atoms. The molecular weight excluding hydrogens is 408 g/mol. The molecule has 9 heteroatoms. The normalized spacial score (nSPS) is 19.8. The lowest BCUT2D eigenvalue weighted by Gasteiger charge is -2.28. The number of hydrogen-bond donors (Lipinski definition) is 1. The summed E-state index contributed by atoms with van der Waals surface area (Å²) in [7, 11) is 1.58.